The van der Waals surface area contributed by atoms with Crippen LogP contribution in [0.4, 0.5) is 5.69 Å². The molecule has 0 unspecified atom stereocenters. The summed E-state index contributed by atoms with van der Waals surface area (Å²) < 4.78 is 12.0. The molecule has 31 heavy (non-hydrogen) atoms. The Labute approximate surface area is 185 Å². The Balaban J connectivity index is 1.38. The Kier molecular flexibility index (Phi) is 6.81. The molecule has 1 atom stereocenters. The van der Waals surface area contributed by atoms with Gasteiger partial charge in [0.15, 0.2) is 6.10 Å². The molecule has 2 aromatic rings. The first-order chi connectivity index (χ1) is 15.1. The molecule has 1 aliphatic carbocycles. The maximum Gasteiger partial charge on any atom is 0.268 e. The molecule has 2 aromatic carbocycles. The average molecular weight is 423 g/mol. The lowest BCUT2D eigenvalue weighted by Gasteiger charge is -2.20. The van der Waals surface area contributed by atoms with E-state index in [-0.39, 0.29) is 5.91 Å². The number of rotatable bonds is 10. The van der Waals surface area contributed by atoms with Gasteiger partial charge >= 0.3 is 0 Å². The first-order valence-corrected chi connectivity index (χ1v) is 11.6. The minimum absolute atomic E-state index is 0.0339. The number of likely N-dealkylation sites (N-methyl/N-ethyl adjacent to an activating group) is 1. The number of carbonyl (C=O) groups excluding carboxylic acids is 1. The smallest absolute Gasteiger partial charge is 0.268 e. The monoisotopic (exact) mass is 422 g/mol. The van der Waals surface area contributed by atoms with E-state index in [2.05, 4.69) is 44.0 Å². The molecule has 2 fully saturated rings. The van der Waals surface area contributed by atoms with Crippen LogP contribution >= 0.6 is 0 Å². The summed E-state index contributed by atoms with van der Waals surface area (Å²) in [7, 11) is 2.09. The van der Waals surface area contributed by atoms with Gasteiger partial charge < -0.3 is 19.3 Å². The maximum atomic E-state index is 13.0. The lowest BCUT2D eigenvalue weighted by Crippen LogP contribution is -2.32. The Hall–Kier alpha value is -2.53. The number of carbonyl (C=O) groups is 1. The molecular weight excluding hydrogens is 388 g/mol. The minimum Gasteiger partial charge on any atom is -0.492 e. The predicted molar refractivity (Wildman–Crippen MR) is 124 cm³/mol. The SMILES string of the molecule is CCc1cc(N2CC[C@H](Oc3ccc(C4CC4)cc3)C2=O)ccc1OCCN(C)CC. The molecule has 0 radical (unpaired) electrons. The van der Waals surface area contributed by atoms with Crippen LogP contribution in [0.2, 0.25) is 0 Å². The highest BCUT2D eigenvalue weighted by Crippen LogP contribution is 2.40. The molecule has 1 aliphatic heterocycles. The molecule has 1 heterocycles. The topological polar surface area (TPSA) is 42.0 Å². The molecule has 1 saturated carbocycles. The molecule has 0 aromatic heterocycles. The van der Waals surface area contributed by atoms with E-state index in [1.807, 2.05) is 29.2 Å². The Morgan fingerprint density at radius 3 is 2.52 bits per heavy atom. The highest BCUT2D eigenvalue weighted by atomic mass is 16.5. The van der Waals surface area contributed by atoms with Crippen molar-refractivity contribution in [3.8, 4) is 11.5 Å². The van der Waals surface area contributed by atoms with Gasteiger partial charge in [-0.3, -0.25) is 4.79 Å². The quantitative estimate of drug-likeness (QED) is 0.559. The normalized spacial score (nSPS) is 18.6. The van der Waals surface area contributed by atoms with E-state index in [0.717, 1.165) is 48.2 Å². The van der Waals surface area contributed by atoms with E-state index in [4.69, 9.17) is 9.47 Å². The van der Waals surface area contributed by atoms with Crippen LogP contribution in [0.1, 0.15) is 50.2 Å². The van der Waals surface area contributed by atoms with Gasteiger partial charge in [0.1, 0.15) is 18.1 Å². The van der Waals surface area contributed by atoms with E-state index in [9.17, 15) is 4.79 Å². The van der Waals surface area contributed by atoms with Gasteiger partial charge in [0.2, 0.25) is 0 Å². The van der Waals surface area contributed by atoms with Crippen LogP contribution < -0.4 is 14.4 Å². The first kappa shape index (κ1) is 21.7. The summed E-state index contributed by atoms with van der Waals surface area (Å²) in [5, 5.41) is 0. The van der Waals surface area contributed by atoms with Crippen molar-refractivity contribution >= 4 is 11.6 Å². The largest absolute Gasteiger partial charge is 0.492 e. The van der Waals surface area contributed by atoms with Crippen LogP contribution in [0.15, 0.2) is 42.5 Å². The summed E-state index contributed by atoms with van der Waals surface area (Å²) in [5.41, 5.74) is 3.43. The summed E-state index contributed by atoms with van der Waals surface area (Å²) in [4.78, 5) is 17.1. The number of nitrogens with zero attached hydrogens (tertiary/aromatic N) is 2. The molecular formula is C26H34N2O3. The van der Waals surface area contributed by atoms with Crippen molar-refractivity contribution in [2.24, 2.45) is 0 Å². The second-order valence-electron chi connectivity index (χ2n) is 8.62. The number of hydrogen-bond donors (Lipinski definition) is 0. The zero-order valence-corrected chi connectivity index (χ0v) is 19.0. The van der Waals surface area contributed by atoms with Gasteiger partial charge in [-0.1, -0.05) is 26.0 Å². The third-order valence-electron chi connectivity index (χ3n) is 6.37. The second-order valence-corrected chi connectivity index (χ2v) is 8.62. The third kappa shape index (κ3) is 5.21. The van der Waals surface area contributed by atoms with Crippen LogP contribution in [0.3, 0.4) is 0 Å². The van der Waals surface area contributed by atoms with Crippen LogP contribution in [0.25, 0.3) is 0 Å². The van der Waals surface area contributed by atoms with E-state index >= 15 is 0 Å². The van der Waals surface area contributed by atoms with Gasteiger partial charge in [-0.05, 0) is 80.2 Å². The molecule has 4 rings (SSSR count). The number of aryl methyl sites for hydroxylation is 1. The van der Waals surface area contributed by atoms with E-state index in [0.29, 0.717) is 19.6 Å². The molecule has 1 amide bonds. The summed E-state index contributed by atoms with van der Waals surface area (Å²) in [6.45, 7) is 7.50. The highest BCUT2D eigenvalue weighted by molar-refractivity contribution is 5.99. The average Bonchev–Trinajstić information content (AvgIpc) is 3.58. The summed E-state index contributed by atoms with van der Waals surface area (Å²) >= 11 is 0. The molecule has 2 aliphatic rings. The Bertz CT molecular complexity index is 892. The van der Waals surface area contributed by atoms with E-state index in [1.165, 1.54) is 18.4 Å². The fraction of sp³-hybridized carbons (Fsp3) is 0.500. The molecule has 1 saturated heterocycles. The lowest BCUT2D eigenvalue weighted by molar-refractivity contribution is -0.122. The van der Waals surface area contributed by atoms with Crippen molar-refractivity contribution in [2.45, 2.75) is 51.6 Å². The first-order valence-electron chi connectivity index (χ1n) is 11.6. The fourth-order valence-corrected chi connectivity index (χ4v) is 4.04. The lowest BCUT2D eigenvalue weighted by atomic mass is 10.1. The van der Waals surface area contributed by atoms with Gasteiger partial charge in [0, 0.05) is 25.2 Å². The van der Waals surface area contributed by atoms with Crippen LogP contribution in [0.5, 0.6) is 11.5 Å². The number of anilines is 1. The van der Waals surface area contributed by atoms with Gasteiger partial charge in [-0.2, -0.15) is 0 Å². The standard InChI is InChI=1S/C26H34N2O3/c1-4-19-18-22(10-13-24(19)30-17-16-27(3)5-2)28-15-14-25(26(28)29)31-23-11-8-21(9-12-23)20-6-7-20/h8-13,18,20,25H,4-7,14-17H2,1-3H3/t25-/m0/s1. The summed E-state index contributed by atoms with van der Waals surface area (Å²) in [6.07, 6.45) is 3.72. The molecule has 0 bridgehead atoms. The van der Waals surface area contributed by atoms with Gasteiger partial charge in [-0.15, -0.1) is 0 Å². The molecule has 5 nitrogen and oxygen atoms in total. The number of benzene rings is 2. The second kappa shape index (κ2) is 9.73. The fourth-order valence-electron chi connectivity index (χ4n) is 4.04. The number of amides is 1. The summed E-state index contributed by atoms with van der Waals surface area (Å²) in [5.74, 6) is 2.45. The van der Waals surface area contributed by atoms with Crippen molar-refractivity contribution in [1.29, 1.82) is 0 Å². The summed E-state index contributed by atoms with van der Waals surface area (Å²) in [6, 6.07) is 14.3. The van der Waals surface area contributed by atoms with E-state index in [1.54, 1.807) is 0 Å². The van der Waals surface area contributed by atoms with Gasteiger partial charge in [-0.25, -0.2) is 0 Å². The van der Waals surface area contributed by atoms with Gasteiger partial charge in [0.25, 0.3) is 5.91 Å². The minimum atomic E-state index is -0.419. The van der Waals surface area contributed by atoms with E-state index < -0.39 is 6.10 Å². The molecule has 0 spiro atoms. The number of ether oxygens (including phenoxy) is 2. The van der Waals surface area contributed by atoms with Crippen molar-refractivity contribution in [3.63, 3.8) is 0 Å². The molecule has 0 N–H and O–H groups in total. The van der Waals surface area contributed by atoms with Crippen molar-refractivity contribution in [3.05, 3.63) is 53.6 Å². The van der Waals surface area contributed by atoms with Crippen molar-refractivity contribution in [2.75, 3.05) is 38.2 Å². The van der Waals surface area contributed by atoms with Crippen LogP contribution in [0, 0.1) is 0 Å². The van der Waals surface area contributed by atoms with Crippen molar-refractivity contribution in [1.82, 2.24) is 4.90 Å². The maximum absolute atomic E-state index is 13.0. The van der Waals surface area contributed by atoms with Crippen molar-refractivity contribution < 1.29 is 14.3 Å². The molecule has 166 valence electrons. The van der Waals surface area contributed by atoms with Crippen LogP contribution in [-0.4, -0.2) is 50.2 Å². The number of hydrogen-bond acceptors (Lipinski definition) is 4. The highest BCUT2D eigenvalue weighted by Gasteiger charge is 2.34. The molecule has 5 heteroatoms. The Morgan fingerprint density at radius 1 is 1.06 bits per heavy atom. The Morgan fingerprint density at radius 2 is 1.84 bits per heavy atom. The van der Waals surface area contributed by atoms with Gasteiger partial charge in [0.05, 0.1) is 0 Å². The van der Waals surface area contributed by atoms with Crippen LogP contribution in [-0.2, 0) is 11.2 Å². The zero-order chi connectivity index (χ0) is 21.8. The zero-order valence-electron chi connectivity index (χ0n) is 19.0. The predicted octanol–water partition coefficient (Wildman–Crippen LogP) is 4.64. The third-order valence-corrected chi connectivity index (χ3v) is 6.37.